The van der Waals surface area contributed by atoms with Gasteiger partial charge in [-0.3, -0.25) is 14.4 Å². The molecule has 3 amide bonds. The van der Waals surface area contributed by atoms with Crippen molar-refractivity contribution < 1.29 is 28.7 Å². The highest BCUT2D eigenvalue weighted by molar-refractivity contribution is 8.01. The quantitative estimate of drug-likeness (QED) is 0.498. The lowest BCUT2D eigenvalue weighted by Gasteiger charge is -2.15. The molecular weight excluding hydrogens is 444 g/mol. The van der Waals surface area contributed by atoms with Gasteiger partial charge in [0.05, 0.1) is 41.5 Å². The maximum atomic E-state index is 12.7. The van der Waals surface area contributed by atoms with E-state index in [1.54, 1.807) is 18.2 Å². The molecule has 0 aromatic heterocycles. The molecule has 1 saturated heterocycles. The maximum Gasteiger partial charge on any atom is 0.337 e. The highest BCUT2D eigenvalue weighted by atomic mass is 35.5. The van der Waals surface area contributed by atoms with Gasteiger partial charge in [-0.05, 0) is 42.5 Å². The summed E-state index contributed by atoms with van der Waals surface area (Å²) in [5.74, 6) is -1.13. The van der Waals surface area contributed by atoms with E-state index in [1.165, 1.54) is 38.5 Å². The number of anilines is 2. The number of imide groups is 1. The van der Waals surface area contributed by atoms with Gasteiger partial charge in [-0.1, -0.05) is 11.6 Å². The Morgan fingerprint density at radius 3 is 2.48 bits per heavy atom. The van der Waals surface area contributed by atoms with Crippen molar-refractivity contribution in [1.82, 2.24) is 0 Å². The van der Waals surface area contributed by atoms with Crippen LogP contribution in [0.1, 0.15) is 16.8 Å². The van der Waals surface area contributed by atoms with E-state index in [4.69, 9.17) is 16.3 Å². The number of halogens is 1. The van der Waals surface area contributed by atoms with Crippen molar-refractivity contribution in [2.24, 2.45) is 0 Å². The van der Waals surface area contributed by atoms with Crippen molar-refractivity contribution >= 4 is 58.4 Å². The van der Waals surface area contributed by atoms with Crippen LogP contribution in [-0.4, -0.2) is 48.9 Å². The number of nitrogens with one attached hydrogen (secondary N) is 1. The van der Waals surface area contributed by atoms with E-state index in [9.17, 15) is 19.2 Å². The van der Waals surface area contributed by atoms with E-state index in [0.717, 1.165) is 16.7 Å². The van der Waals surface area contributed by atoms with Crippen molar-refractivity contribution in [2.45, 2.75) is 11.7 Å². The van der Waals surface area contributed by atoms with Crippen molar-refractivity contribution in [3.63, 3.8) is 0 Å². The van der Waals surface area contributed by atoms with Gasteiger partial charge in [0.1, 0.15) is 5.75 Å². The second-order valence-electron chi connectivity index (χ2n) is 6.51. The van der Waals surface area contributed by atoms with Gasteiger partial charge in [-0.2, -0.15) is 0 Å². The predicted octanol–water partition coefficient (Wildman–Crippen LogP) is 3.14. The van der Waals surface area contributed by atoms with Crippen LogP contribution < -0.4 is 15.0 Å². The highest BCUT2D eigenvalue weighted by Gasteiger charge is 2.40. The predicted molar refractivity (Wildman–Crippen MR) is 118 cm³/mol. The van der Waals surface area contributed by atoms with Crippen LogP contribution in [0, 0.1) is 0 Å². The topological polar surface area (TPSA) is 102 Å². The van der Waals surface area contributed by atoms with Gasteiger partial charge in [0.25, 0.3) is 0 Å². The Kier molecular flexibility index (Phi) is 7.19. The lowest BCUT2D eigenvalue weighted by atomic mass is 10.2. The van der Waals surface area contributed by atoms with E-state index in [2.05, 4.69) is 10.1 Å². The number of nitrogens with zero attached hydrogens (tertiary/aromatic N) is 1. The Balaban J connectivity index is 1.59. The molecule has 0 radical (unpaired) electrons. The molecule has 0 aliphatic carbocycles. The molecule has 1 atom stereocenters. The van der Waals surface area contributed by atoms with Gasteiger partial charge >= 0.3 is 5.97 Å². The summed E-state index contributed by atoms with van der Waals surface area (Å²) in [6.45, 7) is 0. The summed E-state index contributed by atoms with van der Waals surface area (Å²) in [6, 6.07) is 10.8. The second kappa shape index (κ2) is 9.84. The molecule has 8 nitrogen and oxygen atoms in total. The normalized spacial score (nSPS) is 15.7. The number of esters is 1. The van der Waals surface area contributed by atoms with Crippen LogP contribution in [0.4, 0.5) is 11.4 Å². The van der Waals surface area contributed by atoms with Crippen LogP contribution >= 0.6 is 23.4 Å². The molecule has 0 unspecified atom stereocenters. The number of amides is 3. The Morgan fingerprint density at radius 1 is 1.16 bits per heavy atom. The number of methoxy groups -OCH3 is 2. The summed E-state index contributed by atoms with van der Waals surface area (Å²) in [4.78, 5) is 49.9. The number of carbonyl (C=O) groups is 4. The summed E-state index contributed by atoms with van der Waals surface area (Å²) in [6.07, 6.45) is -0.0100. The third kappa shape index (κ3) is 5.18. The molecule has 1 fully saturated rings. The summed E-state index contributed by atoms with van der Waals surface area (Å²) in [5, 5.41) is 2.39. The molecule has 2 aromatic rings. The Labute approximate surface area is 187 Å². The minimum atomic E-state index is -0.669. The molecular formula is C21H19ClN2O6S. The zero-order valence-electron chi connectivity index (χ0n) is 16.7. The minimum absolute atomic E-state index is 0.0100. The van der Waals surface area contributed by atoms with Crippen LogP contribution in [0.2, 0.25) is 5.02 Å². The fourth-order valence-corrected chi connectivity index (χ4v) is 4.18. The zero-order chi connectivity index (χ0) is 22.5. The van der Waals surface area contributed by atoms with Gasteiger partial charge in [0, 0.05) is 12.1 Å². The van der Waals surface area contributed by atoms with E-state index < -0.39 is 17.1 Å². The van der Waals surface area contributed by atoms with Gasteiger partial charge in [-0.25, -0.2) is 9.69 Å². The highest BCUT2D eigenvalue weighted by Crippen LogP contribution is 2.31. The van der Waals surface area contributed by atoms with E-state index in [1.807, 2.05) is 0 Å². The fourth-order valence-electron chi connectivity index (χ4n) is 2.99. The lowest BCUT2D eigenvalue weighted by Crippen LogP contribution is -2.31. The number of ether oxygens (including phenoxy) is 2. The molecule has 0 spiro atoms. The number of hydrogen-bond donors (Lipinski definition) is 1. The molecule has 1 heterocycles. The first-order valence-corrected chi connectivity index (χ1v) is 10.6. The summed E-state index contributed by atoms with van der Waals surface area (Å²) < 4.78 is 9.70. The van der Waals surface area contributed by atoms with E-state index >= 15 is 0 Å². The van der Waals surface area contributed by atoms with E-state index in [0.29, 0.717) is 27.7 Å². The van der Waals surface area contributed by atoms with Gasteiger partial charge in [0.15, 0.2) is 0 Å². The average molecular weight is 463 g/mol. The molecule has 0 saturated carbocycles. The first kappa shape index (κ1) is 22.6. The molecule has 3 rings (SSSR count). The maximum absolute atomic E-state index is 12.7. The zero-order valence-corrected chi connectivity index (χ0v) is 18.3. The SMILES string of the molecule is COC(=O)c1ccc(N2C(=O)C[C@@H](SCC(=O)Nc3ccc(OC)c(Cl)c3)C2=O)cc1. The summed E-state index contributed by atoms with van der Waals surface area (Å²) in [7, 11) is 2.76. The number of hydrogen-bond acceptors (Lipinski definition) is 7. The molecule has 2 aromatic carbocycles. The van der Waals surface area contributed by atoms with Gasteiger partial charge < -0.3 is 14.8 Å². The monoisotopic (exact) mass is 462 g/mol. The molecule has 0 bridgehead atoms. The third-order valence-electron chi connectivity index (χ3n) is 4.50. The molecule has 162 valence electrons. The van der Waals surface area contributed by atoms with E-state index in [-0.39, 0.29) is 24.0 Å². The Hall–Kier alpha value is -3.04. The van der Waals surface area contributed by atoms with Gasteiger partial charge in [-0.15, -0.1) is 11.8 Å². The third-order valence-corrected chi connectivity index (χ3v) is 6.00. The first-order chi connectivity index (χ1) is 14.8. The van der Waals surface area contributed by atoms with Crippen molar-refractivity contribution in [1.29, 1.82) is 0 Å². The largest absolute Gasteiger partial charge is 0.495 e. The molecule has 1 N–H and O–H groups in total. The minimum Gasteiger partial charge on any atom is -0.495 e. The summed E-state index contributed by atoms with van der Waals surface area (Å²) in [5.41, 5.74) is 1.17. The average Bonchev–Trinajstić information content (AvgIpc) is 3.05. The van der Waals surface area contributed by atoms with Crippen LogP contribution in [0.15, 0.2) is 42.5 Å². The number of benzene rings is 2. The van der Waals surface area contributed by atoms with Crippen LogP contribution in [0.25, 0.3) is 0 Å². The first-order valence-electron chi connectivity index (χ1n) is 9.14. The second-order valence-corrected chi connectivity index (χ2v) is 8.11. The fraction of sp³-hybridized carbons (Fsp3) is 0.238. The Bertz CT molecular complexity index is 1030. The van der Waals surface area contributed by atoms with Crippen molar-refractivity contribution in [3.8, 4) is 5.75 Å². The van der Waals surface area contributed by atoms with Crippen molar-refractivity contribution in [3.05, 3.63) is 53.1 Å². The van der Waals surface area contributed by atoms with Gasteiger partial charge in [0.2, 0.25) is 17.7 Å². The van der Waals surface area contributed by atoms with Crippen molar-refractivity contribution in [2.75, 3.05) is 30.2 Å². The smallest absolute Gasteiger partial charge is 0.337 e. The Morgan fingerprint density at radius 2 is 1.87 bits per heavy atom. The van der Waals surface area contributed by atoms with Crippen LogP contribution in [-0.2, 0) is 19.1 Å². The standard InChI is InChI=1S/C21H19ClN2O6S/c1-29-16-8-5-13(9-15(16)22)23-18(25)11-31-17-10-19(26)24(20(17)27)14-6-3-12(4-7-14)21(28)30-2/h3-9,17H,10-11H2,1-2H3,(H,23,25)/t17-/m1/s1. The molecule has 31 heavy (non-hydrogen) atoms. The molecule has 10 heteroatoms. The summed E-state index contributed by atoms with van der Waals surface area (Å²) >= 11 is 7.13. The lowest BCUT2D eigenvalue weighted by molar-refractivity contribution is -0.121. The number of rotatable bonds is 7. The van der Waals surface area contributed by atoms with Crippen LogP contribution in [0.3, 0.4) is 0 Å². The number of thioether (sulfide) groups is 1. The molecule has 1 aliphatic rings. The van der Waals surface area contributed by atoms with Crippen LogP contribution in [0.5, 0.6) is 5.75 Å². The number of carbonyl (C=O) groups excluding carboxylic acids is 4. The molecule has 1 aliphatic heterocycles.